The molecule has 0 aliphatic carbocycles. The van der Waals surface area contributed by atoms with Gasteiger partial charge in [0.1, 0.15) is 6.04 Å². The van der Waals surface area contributed by atoms with E-state index in [0.29, 0.717) is 18.7 Å². The molecule has 1 aromatic rings. The Balaban J connectivity index is 1.84. The molecule has 2 N–H and O–H groups in total. The summed E-state index contributed by atoms with van der Waals surface area (Å²) in [5.41, 5.74) is 0. The molecule has 4 nitrogen and oxygen atoms in total. The third-order valence-corrected chi connectivity index (χ3v) is 4.36. The van der Waals surface area contributed by atoms with Crippen LogP contribution in [-0.2, 0) is 16.1 Å². The lowest BCUT2D eigenvalue weighted by Gasteiger charge is -2.14. The number of hydrogen-bond acceptors (Lipinski definition) is 4. The lowest BCUT2D eigenvalue weighted by Crippen LogP contribution is -2.47. The van der Waals surface area contributed by atoms with E-state index < -0.39 is 6.04 Å². The third-order valence-electron chi connectivity index (χ3n) is 2.43. The monoisotopic (exact) mass is 270 g/mol. The number of nitrogens with one attached hydrogen (secondary N) is 2. The summed E-state index contributed by atoms with van der Waals surface area (Å²) >= 11 is 3.25. The Hall–Kier alpha value is -1.01. The number of thioether (sulfide) groups is 1. The van der Waals surface area contributed by atoms with Crippen LogP contribution in [0.4, 0.5) is 0 Å². The van der Waals surface area contributed by atoms with Crippen LogP contribution in [-0.4, -0.2) is 29.4 Å². The fraction of sp³-hybridized carbons (Fsp3) is 0.455. The molecule has 6 heteroatoms. The van der Waals surface area contributed by atoms with E-state index in [1.807, 2.05) is 17.5 Å². The predicted octanol–water partition coefficient (Wildman–Crippen LogP) is 0.986. The molecule has 0 saturated carbocycles. The molecule has 1 aliphatic rings. The van der Waals surface area contributed by atoms with Gasteiger partial charge in [0.2, 0.25) is 11.8 Å². The summed E-state index contributed by atoms with van der Waals surface area (Å²) in [7, 11) is 0. The Bertz CT molecular complexity index is 392. The second-order valence-electron chi connectivity index (χ2n) is 3.74. The standard InChI is InChI=1S/C11H14N2O2S2/c14-10-3-5-16-7-9(13-10)11(15)12-6-8-2-1-4-17-8/h1-2,4,9H,3,5-7H2,(H,12,15)(H,13,14)/t9-/m1/s1. The molecular formula is C11H14N2O2S2. The van der Waals surface area contributed by atoms with E-state index in [1.165, 1.54) is 0 Å². The highest BCUT2D eigenvalue weighted by Gasteiger charge is 2.22. The van der Waals surface area contributed by atoms with Gasteiger partial charge in [0.05, 0.1) is 6.54 Å². The van der Waals surface area contributed by atoms with E-state index in [1.54, 1.807) is 23.1 Å². The molecule has 1 aliphatic heterocycles. The average Bonchev–Trinajstić information content (AvgIpc) is 2.74. The minimum absolute atomic E-state index is 0.0359. The van der Waals surface area contributed by atoms with Crippen LogP contribution in [0.3, 0.4) is 0 Å². The molecule has 1 atom stereocenters. The van der Waals surface area contributed by atoms with E-state index in [9.17, 15) is 9.59 Å². The van der Waals surface area contributed by atoms with Crippen molar-refractivity contribution >= 4 is 34.9 Å². The van der Waals surface area contributed by atoms with Gasteiger partial charge in [-0.1, -0.05) is 6.07 Å². The Labute approximate surface area is 108 Å². The van der Waals surface area contributed by atoms with Crippen LogP contribution in [0.15, 0.2) is 17.5 Å². The van der Waals surface area contributed by atoms with Crippen LogP contribution in [0.5, 0.6) is 0 Å². The zero-order chi connectivity index (χ0) is 12.1. The molecule has 2 rings (SSSR count). The number of hydrogen-bond donors (Lipinski definition) is 2. The van der Waals surface area contributed by atoms with Gasteiger partial charge >= 0.3 is 0 Å². The number of amides is 2. The fourth-order valence-electron chi connectivity index (χ4n) is 1.53. The predicted molar refractivity (Wildman–Crippen MR) is 70.0 cm³/mol. The van der Waals surface area contributed by atoms with Crippen LogP contribution < -0.4 is 10.6 Å². The average molecular weight is 270 g/mol. The lowest BCUT2D eigenvalue weighted by molar-refractivity contribution is -0.128. The summed E-state index contributed by atoms with van der Waals surface area (Å²) in [6.45, 7) is 0.535. The Morgan fingerprint density at radius 1 is 1.59 bits per heavy atom. The molecule has 0 aromatic carbocycles. The van der Waals surface area contributed by atoms with E-state index in [0.717, 1.165) is 10.6 Å². The van der Waals surface area contributed by atoms with Crippen molar-refractivity contribution in [1.29, 1.82) is 0 Å². The summed E-state index contributed by atoms with van der Waals surface area (Å²) in [4.78, 5) is 24.3. The zero-order valence-electron chi connectivity index (χ0n) is 9.27. The molecule has 0 radical (unpaired) electrons. The summed E-state index contributed by atoms with van der Waals surface area (Å²) < 4.78 is 0. The molecule has 2 heterocycles. The second-order valence-corrected chi connectivity index (χ2v) is 5.92. The topological polar surface area (TPSA) is 58.2 Å². The Morgan fingerprint density at radius 2 is 2.47 bits per heavy atom. The molecule has 1 aromatic heterocycles. The van der Waals surface area contributed by atoms with Gasteiger partial charge in [-0.3, -0.25) is 9.59 Å². The van der Waals surface area contributed by atoms with Crippen molar-refractivity contribution < 1.29 is 9.59 Å². The van der Waals surface area contributed by atoms with Gasteiger partial charge < -0.3 is 10.6 Å². The lowest BCUT2D eigenvalue weighted by atomic mass is 10.3. The maximum Gasteiger partial charge on any atom is 0.243 e. The summed E-state index contributed by atoms with van der Waals surface area (Å²) in [5.74, 6) is 1.31. The van der Waals surface area contributed by atoms with E-state index in [2.05, 4.69) is 10.6 Å². The van der Waals surface area contributed by atoms with Gasteiger partial charge in [-0.2, -0.15) is 11.8 Å². The summed E-state index contributed by atoms with van der Waals surface area (Å²) in [6.07, 6.45) is 0.499. The largest absolute Gasteiger partial charge is 0.349 e. The van der Waals surface area contributed by atoms with Gasteiger partial charge in [-0.05, 0) is 11.4 Å². The SMILES string of the molecule is O=C1CCSC[C@H](C(=O)NCc2cccs2)N1. The van der Waals surface area contributed by atoms with Crippen molar-refractivity contribution in [3.05, 3.63) is 22.4 Å². The van der Waals surface area contributed by atoms with Crippen molar-refractivity contribution in [1.82, 2.24) is 10.6 Å². The molecule has 1 saturated heterocycles. The number of carbonyl (C=O) groups excluding carboxylic acids is 2. The highest BCUT2D eigenvalue weighted by Crippen LogP contribution is 2.11. The first-order valence-corrected chi connectivity index (χ1v) is 7.46. The fourth-order valence-corrected chi connectivity index (χ4v) is 3.14. The molecule has 0 spiro atoms. The van der Waals surface area contributed by atoms with Crippen LogP contribution in [0.2, 0.25) is 0 Å². The van der Waals surface area contributed by atoms with Crippen LogP contribution in [0.25, 0.3) is 0 Å². The second kappa shape index (κ2) is 6.07. The van der Waals surface area contributed by atoms with Crippen LogP contribution in [0.1, 0.15) is 11.3 Å². The van der Waals surface area contributed by atoms with Crippen LogP contribution in [0, 0.1) is 0 Å². The van der Waals surface area contributed by atoms with Crippen LogP contribution >= 0.6 is 23.1 Å². The van der Waals surface area contributed by atoms with Gasteiger partial charge in [-0.25, -0.2) is 0 Å². The highest BCUT2D eigenvalue weighted by atomic mass is 32.2. The van der Waals surface area contributed by atoms with Crippen molar-refractivity contribution in [2.75, 3.05) is 11.5 Å². The van der Waals surface area contributed by atoms with E-state index in [-0.39, 0.29) is 11.8 Å². The van der Waals surface area contributed by atoms with Gasteiger partial charge in [0.15, 0.2) is 0 Å². The molecular weight excluding hydrogens is 256 g/mol. The number of rotatable bonds is 3. The van der Waals surface area contributed by atoms with Gasteiger partial charge in [0.25, 0.3) is 0 Å². The van der Waals surface area contributed by atoms with E-state index >= 15 is 0 Å². The Kier molecular flexibility index (Phi) is 4.44. The van der Waals surface area contributed by atoms with Gasteiger partial charge in [0, 0.05) is 22.8 Å². The number of carbonyl (C=O) groups is 2. The smallest absolute Gasteiger partial charge is 0.243 e. The van der Waals surface area contributed by atoms with Crippen molar-refractivity contribution in [2.45, 2.75) is 19.0 Å². The number of thiophene rings is 1. The quantitative estimate of drug-likeness (QED) is 0.861. The first-order chi connectivity index (χ1) is 8.25. The Morgan fingerprint density at radius 3 is 3.24 bits per heavy atom. The third kappa shape index (κ3) is 3.74. The summed E-state index contributed by atoms with van der Waals surface area (Å²) in [6, 6.07) is 3.54. The molecule has 92 valence electrons. The van der Waals surface area contributed by atoms with Crippen molar-refractivity contribution in [2.24, 2.45) is 0 Å². The van der Waals surface area contributed by atoms with E-state index in [4.69, 9.17) is 0 Å². The van der Waals surface area contributed by atoms with Crippen molar-refractivity contribution in [3.63, 3.8) is 0 Å². The highest BCUT2D eigenvalue weighted by molar-refractivity contribution is 7.99. The normalized spacial score (nSPS) is 20.5. The minimum atomic E-state index is -0.394. The van der Waals surface area contributed by atoms with Crippen molar-refractivity contribution in [3.8, 4) is 0 Å². The molecule has 0 unspecified atom stereocenters. The molecule has 0 bridgehead atoms. The minimum Gasteiger partial charge on any atom is -0.349 e. The molecule has 17 heavy (non-hydrogen) atoms. The summed E-state index contributed by atoms with van der Waals surface area (Å²) in [5, 5.41) is 7.56. The first kappa shape index (κ1) is 12.4. The maximum atomic E-state index is 11.9. The zero-order valence-corrected chi connectivity index (χ0v) is 10.9. The first-order valence-electron chi connectivity index (χ1n) is 5.43. The maximum absolute atomic E-state index is 11.9. The van der Waals surface area contributed by atoms with Gasteiger partial charge in [-0.15, -0.1) is 11.3 Å². The molecule has 2 amide bonds. The molecule has 1 fully saturated rings.